The third-order valence-corrected chi connectivity index (χ3v) is 0.167. The lowest BCUT2D eigenvalue weighted by Crippen LogP contribution is -1.21. The fourth-order valence-electron chi connectivity index (χ4n) is 0. The van der Waals surface area contributed by atoms with Gasteiger partial charge in [-0.05, 0) is 0 Å². The van der Waals surface area contributed by atoms with Crippen LogP contribution >= 0.6 is 0 Å². The molecule has 0 amide bonds. The highest BCUT2D eigenvalue weighted by Crippen LogP contribution is 1.52. The SMILES string of the molecule is C=[13CH][13CH]=C. The molecule has 0 atom stereocenters. The summed E-state index contributed by atoms with van der Waals surface area (Å²) >= 11 is 0. The summed E-state index contributed by atoms with van der Waals surface area (Å²) in [5.74, 6) is 0. The largest absolute Gasteiger partial charge is 0.0991 e. The number of hydrogen-bond donors (Lipinski definition) is 0. The van der Waals surface area contributed by atoms with E-state index in [9.17, 15) is 0 Å². The summed E-state index contributed by atoms with van der Waals surface area (Å²) in [7, 11) is 0. The van der Waals surface area contributed by atoms with Gasteiger partial charge < -0.3 is 0 Å². The molecule has 0 heteroatoms. The van der Waals surface area contributed by atoms with E-state index in [1.165, 1.54) is 0 Å². The van der Waals surface area contributed by atoms with Crippen molar-refractivity contribution in [3.8, 4) is 0 Å². The second-order valence-corrected chi connectivity index (χ2v) is 0.471. The summed E-state index contributed by atoms with van der Waals surface area (Å²) < 4.78 is 0. The van der Waals surface area contributed by atoms with Crippen molar-refractivity contribution in [1.29, 1.82) is 0 Å². The Bertz CT molecular complexity index is 21.0. The summed E-state index contributed by atoms with van der Waals surface area (Å²) in [6, 6.07) is 0. The molecule has 0 unspecified atom stereocenters. The second-order valence-electron chi connectivity index (χ2n) is 0.471. The first-order chi connectivity index (χ1) is 1.91. The summed E-state index contributed by atoms with van der Waals surface area (Å²) in [6.07, 6.45) is 3.28. The molecule has 0 fully saturated rings. The zero-order valence-electron chi connectivity index (χ0n) is 2.57. The first kappa shape index (κ1) is 3.48. The van der Waals surface area contributed by atoms with Crippen molar-refractivity contribution in [2.24, 2.45) is 0 Å². The van der Waals surface area contributed by atoms with Gasteiger partial charge in [0, 0.05) is 0 Å². The number of allylic oxidation sites excluding steroid dienone is 2. The fraction of sp³-hybridized carbons (Fsp3) is 0. The summed E-state index contributed by atoms with van der Waals surface area (Å²) in [4.78, 5) is 0. The Balaban J connectivity index is 2.73. The van der Waals surface area contributed by atoms with E-state index < -0.39 is 0 Å². The van der Waals surface area contributed by atoms with E-state index in [2.05, 4.69) is 13.2 Å². The first-order valence-corrected chi connectivity index (χ1v) is 1.15. The molecule has 0 radical (unpaired) electrons. The van der Waals surface area contributed by atoms with Crippen molar-refractivity contribution in [1.82, 2.24) is 0 Å². The number of rotatable bonds is 1. The van der Waals surface area contributed by atoms with Gasteiger partial charge in [0.15, 0.2) is 0 Å². The molecular formula is C4H6. The first-order valence-electron chi connectivity index (χ1n) is 1.15. The minimum atomic E-state index is 1.64. The smallest absolute Gasteiger partial charge is 0.0701 e. The Kier molecular flexibility index (Phi) is 2.16. The van der Waals surface area contributed by atoms with Gasteiger partial charge >= 0.3 is 0 Å². The Labute approximate surface area is 26.5 Å². The zero-order chi connectivity index (χ0) is 3.41. The van der Waals surface area contributed by atoms with Crippen LogP contribution < -0.4 is 0 Å². The van der Waals surface area contributed by atoms with Crippen LogP contribution in [0.4, 0.5) is 0 Å². The average Bonchev–Trinajstić information content (AvgIpc) is 1.37. The van der Waals surface area contributed by atoms with Crippen LogP contribution in [0.15, 0.2) is 25.3 Å². The van der Waals surface area contributed by atoms with Gasteiger partial charge in [0.05, 0.1) is 0 Å². The molecule has 0 saturated carbocycles. The van der Waals surface area contributed by atoms with E-state index >= 15 is 0 Å². The van der Waals surface area contributed by atoms with Crippen LogP contribution in [0, 0.1) is 0 Å². The van der Waals surface area contributed by atoms with Gasteiger partial charge in [0.1, 0.15) is 0 Å². The van der Waals surface area contributed by atoms with Crippen molar-refractivity contribution in [3.05, 3.63) is 25.3 Å². The van der Waals surface area contributed by atoms with E-state index in [-0.39, 0.29) is 0 Å². The molecule has 0 heterocycles. The van der Waals surface area contributed by atoms with Gasteiger partial charge in [0.25, 0.3) is 0 Å². The Hall–Kier alpha value is -0.520. The van der Waals surface area contributed by atoms with Gasteiger partial charge in [-0.1, -0.05) is 25.3 Å². The molecule has 0 rings (SSSR count). The summed E-state index contributed by atoms with van der Waals surface area (Å²) in [5.41, 5.74) is 0. The molecule has 0 aromatic rings. The van der Waals surface area contributed by atoms with Gasteiger partial charge in [-0.15, -0.1) is 0 Å². The predicted octanol–water partition coefficient (Wildman–Crippen LogP) is 1.36. The van der Waals surface area contributed by atoms with Crippen molar-refractivity contribution in [2.45, 2.75) is 0 Å². The Morgan fingerprint density at radius 1 is 1.00 bits per heavy atom. The van der Waals surface area contributed by atoms with Crippen LogP contribution in [0.3, 0.4) is 0 Å². The summed E-state index contributed by atoms with van der Waals surface area (Å²) in [5, 5.41) is 0. The number of hydrogen-bond acceptors (Lipinski definition) is 0. The third kappa shape index (κ3) is 1.48. The van der Waals surface area contributed by atoms with E-state index in [0.717, 1.165) is 0 Å². The van der Waals surface area contributed by atoms with Crippen LogP contribution in [0.5, 0.6) is 0 Å². The van der Waals surface area contributed by atoms with E-state index in [0.29, 0.717) is 0 Å². The maximum atomic E-state index is 3.36. The third-order valence-electron chi connectivity index (χ3n) is 0.167. The molecular weight excluding hydrogens is 50.0 g/mol. The van der Waals surface area contributed by atoms with Crippen LogP contribution in [-0.2, 0) is 0 Å². The Morgan fingerprint density at radius 2 is 1.25 bits per heavy atom. The summed E-state index contributed by atoms with van der Waals surface area (Å²) in [6.45, 7) is 6.72. The van der Waals surface area contributed by atoms with Crippen LogP contribution in [-0.4, -0.2) is 0 Å². The molecule has 0 aromatic heterocycles. The van der Waals surface area contributed by atoms with Crippen molar-refractivity contribution >= 4 is 0 Å². The molecule has 0 nitrogen and oxygen atoms in total. The maximum absolute atomic E-state index is 3.36. The van der Waals surface area contributed by atoms with Crippen molar-refractivity contribution in [3.63, 3.8) is 0 Å². The lowest BCUT2D eigenvalue weighted by Gasteiger charge is -1.44. The maximum Gasteiger partial charge on any atom is -0.0701 e. The highest BCUT2D eigenvalue weighted by atomic mass is 14.2. The Morgan fingerprint density at radius 3 is 1.25 bits per heavy atom. The molecule has 4 heavy (non-hydrogen) atoms. The van der Waals surface area contributed by atoms with Crippen molar-refractivity contribution < 1.29 is 0 Å². The molecule has 0 aliphatic heterocycles. The molecule has 0 aliphatic carbocycles. The highest BCUT2D eigenvalue weighted by Gasteiger charge is 1.29. The lowest BCUT2D eigenvalue weighted by molar-refractivity contribution is 2.15. The second kappa shape index (κ2) is 2.48. The fourth-order valence-corrected chi connectivity index (χ4v) is 0. The van der Waals surface area contributed by atoms with Crippen LogP contribution in [0.2, 0.25) is 0 Å². The monoisotopic (exact) mass is 56.1 g/mol. The predicted molar refractivity (Wildman–Crippen MR) is 20.4 cm³/mol. The standard InChI is InChI=1S/C4H6/c1-3-4-2/h3-4H,1-2H2/i3+1,4+1. The minimum absolute atomic E-state index is 1.64. The van der Waals surface area contributed by atoms with Crippen molar-refractivity contribution in [2.75, 3.05) is 0 Å². The quantitative estimate of drug-likeness (QED) is 0.314. The minimum Gasteiger partial charge on any atom is -0.0991 e. The van der Waals surface area contributed by atoms with Crippen LogP contribution in [0.25, 0.3) is 0 Å². The van der Waals surface area contributed by atoms with E-state index in [1.807, 2.05) is 0 Å². The molecule has 0 aromatic carbocycles. The van der Waals surface area contributed by atoms with Gasteiger partial charge in [-0.25, -0.2) is 0 Å². The molecule has 22 valence electrons. The van der Waals surface area contributed by atoms with E-state index in [1.54, 1.807) is 12.2 Å². The normalized spacial score (nSPS) is 5.00. The zero-order valence-corrected chi connectivity index (χ0v) is 2.57. The topological polar surface area (TPSA) is 0 Å². The van der Waals surface area contributed by atoms with Gasteiger partial charge in [-0.3, -0.25) is 0 Å². The molecule has 0 bridgehead atoms. The van der Waals surface area contributed by atoms with E-state index in [4.69, 9.17) is 0 Å². The molecule has 0 spiro atoms. The molecule has 0 aliphatic rings. The molecule has 0 N–H and O–H groups in total. The highest BCUT2D eigenvalue weighted by molar-refractivity contribution is 4.88. The average molecular weight is 56.1 g/mol. The van der Waals surface area contributed by atoms with Gasteiger partial charge in [-0.2, -0.15) is 0 Å². The lowest BCUT2D eigenvalue weighted by atomic mass is 11.3. The van der Waals surface area contributed by atoms with Crippen LogP contribution in [0.1, 0.15) is 0 Å². The molecule has 0 saturated heterocycles. The van der Waals surface area contributed by atoms with Gasteiger partial charge in [0.2, 0.25) is 0 Å².